The molecule has 0 fully saturated rings. The van der Waals surface area contributed by atoms with E-state index in [1.165, 1.54) is 0 Å². The van der Waals surface area contributed by atoms with E-state index in [9.17, 15) is 5.11 Å². The number of rotatable bonds is 2. The van der Waals surface area contributed by atoms with E-state index in [4.69, 9.17) is 9.47 Å². The molecular weight excluding hydrogens is 240 g/mol. The van der Waals surface area contributed by atoms with Gasteiger partial charge in [0.15, 0.2) is 0 Å². The van der Waals surface area contributed by atoms with Crippen LogP contribution in [0.25, 0.3) is 0 Å². The Labute approximate surface area is 112 Å². The summed E-state index contributed by atoms with van der Waals surface area (Å²) in [5.74, 6) is 1.87. The summed E-state index contributed by atoms with van der Waals surface area (Å²) in [6.45, 7) is 0. The molecule has 3 heteroatoms. The first kappa shape index (κ1) is 11.9. The second-order valence-electron chi connectivity index (χ2n) is 4.71. The lowest BCUT2D eigenvalue weighted by atomic mass is 9.97. The number of phenols is 1. The Morgan fingerprint density at radius 3 is 2.68 bits per heavy atom. The van der Waals surface area contributed by atoms with Crippen molar-refractivity contribution in [3.8, 4) is 17.2 Å². The Morgan fingerprint density at radius 1 is 1.16 bits per heavy atom. The van der Waals surface area contributed by atoms with Crippen LogP contribution in [-0.4, -0.2) is 12.2 Å². The summed E-state index contributed by atoms with van der Waals surface area (Å²) in [7, 11) is 1.66. The number of aryl methyl sites for hydroxylation is 1. The van der Waals surface area contributed by atoms with Crippen LogP contribution < -0.4 is 9.47 Å². The monoisotopic (exact) mass is 256 g/mol. The Balaban J connectivity index is 1.84. The molecule has 1 heterocycles. The quantitative estimate of drug-likeness (QED) is 0.894. The van der Waals surface area contributed by atoms with Gasteiger partial charge in [-0.2, -0.15) is 0 Å². The molecule has 1 unspecified atom stereocenters. The lowest BCUT2D eigenvalue weighted by Gasteiger charge is -2.26. The van der Waals surface area contributed by atoms with Crippen LogP contribution in [0.2, 0.25) is 0 Å². The maximum absolute atomic E-state index is 9.52. The van der Waals surface area contributed by atoms with Gasteiger partial charge in [-0.05, 0) is 42.2 Å². The molecule has 1 atom stereocenters. The fourth-order valence-corrected chi connectivity index (χ4v) is 2.41. The molecule has 3 nitrogen and oxygen atoms in total. The van der Waals surface area contributed by atoms with E-state index in [-0.39, 0.29) is 11.9 Å². The van der Waals surface area contributed by atoms with Crippen molar-refractivity contribution in [2.45, 2.75) is 18.9 Å². The highest BCUT2D eigenvalue weighted by molar-refractivity contribution is 5.42. The van der Waals surface area contributed by atoms with Crippen LogP contribution in [0.4, 0.5) is 0 Å². The van der Waals surface area contributed by atoms with Gasteiger partial charge in [0.1, 0.15) is 23.4 Å². The maximum atomic E-state index is 9.52. The van der Waals surface area contributed by atoms with Crippen molar-refractivity contribution in [2.75, 3.05) is 7.11 Å². The molecule has 0 aliphatic carbocycles. The van der Waals surface area contributed by atoms with Gasteiger partial charge in [0.2, 0.25) is 0 Å². The van der Waals surface area contributed by atoms with Crippen LogP contribution in [0.15, 0.2) is 42.5 Å². The molecule has 0 radical (unpaired) electrons. The molecular formula is C16H16O3. The van der Waals surface area contributed by atoms with Crippen molar-refractivity contribution < 1.29 is 14.6 Å². The number of phenolic OH excluding ortho intramolecular Hbond substituents is 1. The molecule has 0 spiro atoms. The Hall–Kier alpha value is -2.16. The first-order chi connectivity index (χ1) is 9.26. The van der Waals surface area contributed by atoms with Crippen LogP contribution in [0.1, 0.15) is 23.7 Å². The van der Waals surface area contributed by atoms with E-state index < -0.39 is 0 Å². The summed E-state index contributed by atoms with van der Waals surface area (Å²) in [5, 5.41) is 9.52. The lowest BCUT2D eigenvalue weighted by molar-refractivity contribution is 0.176. The van der Waals surface area contributed by atoms with Gasteiger partial charge in [0.05, 0.1) is 7.11 Å². The van der Waals surface area contributed by atoms with E-state index in [0.717, 1.165) is 35.5 Å². The average molecular weight is 256 g/mol. The number of fused-ring (bicyclic) bond motifs is 1. The van der Waals surface area contributed by atoms with Crippen LogP contribution in [0.5, 0.6) is 17.2 Å². The molecule has 2 aromatic rings. The summed E-state index contributed by atoms with van der Waals surface area (Å²) < 4.78 is 11.1. The molecule has 0 amide bonds. The lowest BCUT2D eigenvalue weighted by Crippen LogP contribution is -2.14. The molecule has 0 bridgehead atoms. The zero-order valence-corrected chi connectivity index (χ0v) is 10.8. The van der Waals surface area contributed by atoms with Gasteiger partial charge >= 0.3 is 0 Å². The number of aromatic hydroxyl groups is 1. The third-order valence-corrected chi connectivity index (χ3v) is 3.48. The SMILES string of the molecule is COc1ccc(C2CCc3ccc(O)cc3O2)cc1. The van der Waals surface area contributed by atoms with Crippen LogP contribution in [-0.2, 0) is 6.42 Å². The fraction of sp³-hybridized carbons (Fsp3) is 0.250. The molecule has 1 N–H and O–H groups in total. The molecule has 1 aliphatic heterocycles. The van der Waals surface area contributed by atoms with Gasteiger partial charge < -0.3 is 14.6 Å². The molecule has 0 saturated heterocycles. The molecule has 0 aromatic heterocycles. The summed E-state index contributed by atoms with van der Waals surface area (Å²) >= 11 is 0. The standard InChI is InChI=1S/C16H16O3/c1-18-14-7-3-11(4-8-14)15-9-5-12-2-6-13(17)10-16(12)19-15/h2-4,6-8,10,15,17H,5,9H2,1H3. The van der Waals surface area contributed by atoms with Crippen molar-refractivity contribution in [2.24, 2.45) is 0 Å². The zero-order chi connectivity index (χ0) is 13.2. The number of benzene rings is 2. The Bertz CT molecular complexity index is 575. The number of hydrogen-bond acceptors (Lipinski definition) is 3. The Kier molecular flexibility index (Phi) is 3.03. The smallest absolute Gasteiger partial charge is 0.127 e. The van der Waals surface area contributed by atoms with E-state index in [1.54, 1.807) is 19.2 Å². The van der Waals surface area contributed by atoms with Gasteiger partial charge in [-0.25, -0.2) is 0 Å². The van der Waals surface area contributed by atoms with Crippen molar-refractivity contribution in [3.63, 3.8) is 0 Å². The molecule has 19 heavy (non-hydrogen) atoms. The van der Waals surface area contributed by atoms with Gasteiger partial charge in [0.25, 0.3) is 0 Å². The third kappa shape index (κ3) is 2.36. The van der Waals surface area contributed by atoms with Crippen LogP contribution in [0, 0.1) is 0 Å². The topological polar surface area (TPSA) is 38.7 Å². The molecule has 98 valence electrons. The highest BCUT2D eigenvalue weighted by Gasteiger charge is 2.21. The van der Waals surface area contributed by atoms with Crippen molar-refractivity contribution >= 4 is 0 Å². The highest BCUT2D eigenvalue weighted by Crippen LogP contribution is 2.36. The predicted molar refractivity (Wildman–Crippen MR) is 72.8 cm³/mol. The average Bonchev–Trinajstić information content (AvgIpc) is 2.46. The van der Waals surface area contributed by atoms with Crippen molar-refractivity contribution in [1.82, 2.24) is 0 Å². The second kappa shape index (κ2) is 4.84. The zero-order valence-electron chi connectivity index (χ0n) is 10.8. The Morgan fingerprint density at radius 2 is 1.95 bits per heavy atom. The van der Waals surface area contributed by atoms with Gasteiger partial charge in [-0.1, -0.05) is 18.2 Å². The van der Waals surface area contributed by atoms with E-state index in [1.807, 2.05) is 30.3 Å². The van der Waals surface area contributed by atoms with Crippen molar-refractivity contribution in [1.29, 1.82) is 0 Å². The minimum absolute atomic E-state index is 0.0419. The predicted octanol–water partition coefficient (Wildman–Crippen LogP) is 3.47. The van der Waals surface area contributed by atoms with E-state index in [0.29, 0.717) is 0 Å². The van der Waals surface area contributed by atoms with Gasteiger partial charge in [0, 0.05) is 6.07 Å². The van der Waals surface area contributed by atoms with Gasteiger partial charge in [-0.3, -0.25) is 0 Å². The van der Waals surface area contributed by atoms with Crippen LogP contribution >= 0.6 is 0 Å². The summed E-state index contributed by atoms with van der Waals surface area (Å²) in [6, 6.07) is 13.2. The summed E-state index contributed by atoms with van der Waals surface area (Å²) in [6.07, 6.45) is 1.95. The largest absolute Gasteiger partial charge is 0.508 e. The number of methoxy groups -OCH3 is 1. The molecule has 0 saturated carbocycles. The second-order valence-corrected chi connectivity index (χ2v) is 4.71. The van der Waals surface area contributed by atoms with E-state index >= 15 is 0 Å². The molecule has 2 aromatic carbocycles. The normalized spacial score (nSPS) is 17.4. The summed E-state index contributed by atoms with van der Waals surface area (Å²) in [5.41, 5.74) is 2.29. The van der Waals surface area contributed by atoms with Crippen LogP contribution in [0.3, 0.4) is 0 Å². The minimum atomic E-state index is 0.0419. The number of ether oxygens (including phenoxy) is 2. The molecule has 1 aliphatic rings. The number of hydrogen-bond donors (Lipinski definition) is 1. The maximum Gasteiger partial charge on any atom is 0.127 e. The minimum Gasteiger partial charge on any atom is -0.508 e. The van der Waals surface area contributed by atoms with Gasteiger partial charge in [-0.15, -0.1) is 0 Å². The van der Waals surface area contributed by atoms with Crippen molar-refractivity contribution in [3.05, 3.63) is 53.6 Å². The van der Waals surface area contributed by atoms with E-state index in [2.05, 4.69) is 0 Å². The fourth-order valence-electron chi connectivity index (χ4n) is 2.41. The highest BCUT2D eigenvalue weighted by atomic mass is 16.5. The first-order valence-electron chi connectivity index (χ1n) is 6.39. The first-order valence-corrected chi connectivity index (χ1v) is 6.39. The third-order valence-electron chi connectivity index (χ3n) is 3.48. The molecule has 3 rings (SSSR count). The summed E-state index contributed by atoms with van der Waals surface area (Å²) in [4.78, 5) is 0.